The molecule has 1 aliphatic carbocycles. The minimum Gasteiger partial charge on any atom is -0.481 e. The van der Waals surface area contributed by atoms with Gasteiger partial charge >= 0.3 is 5.97 Å². The number of benzene rings is 1. The van der Waals surface area contributed by atoms with Crippen LogP contribution in [0.4, 0.5) is 5.82 Å². The summed E-state index contributed by atoms with van der Waals surface area (Å²) in [6.07, 6.45) is 12.9. The highest BCUT2D eigenvalue weighted by Gasteiger charge is 2.38. The molecule has 0 bridgehead atoms. The van der Waals surface area contributed by atoms with Gasteiger partial charge in [0.05, 0.1) is 53.3 Å². The second kappa shape index (κ2) is 10.7. The first-order valence-corrected chi connectivity index (χ1v) is 13.1. The highest BCUT2D eigenvalue weighted by atomic mass is 35.5. The first kappa shape index (κ1) is 24.3. The van der Waals surface area contributed by atoms with Gasteiger partial charge in [0.2, 0.25) is 0 Å². The molecule has 1 unspecified atom stereocenters. The van der Waals surface area contributed by atoms with Crippen molar-refractivity contribution in [1.82, 2.24) is 14.5 Å². The molecule has 1 saturated heterocycles. The Morgan fingerprint density at radius 3 is 2.74 bits per heavy atom. The van der Waals surface area contributed by atoms with Crippen LogP contribution in [0.25, 0.3) is 16.6 Å². The topological polar surface area (TPSA) is 80.5 Å². The normalized spacial score (nSPS) is 21.1. The van der Waals surface area contributed by atoms with Crippen molar-refractivity contribution >= 4 is 45.9 Å². The van der Waals surface area contributed by atoms with E-state index in [4.69, 9.17) is 38.0 Å². The number of anilines is 1. The van der Waals surface area contributed by atoms with Crippen molar-refractivity contribution in [1.29, 1.82) is 0 Å². The molecule has 9 heteroatoms. The van der Waals surface area contributed by atoms with Crippen LogP contribution in [0.15, 0.2) is 36.9 Å². The maximum atomic E-state index is 10.9. The second-order valence-electron chi connectivity index (χ2n) is 9.65. The number of pyridine rings is 1. The molecule has 1 saturated carbocycles. The van der Waals surface area contributed by atoms with Gasteiger partial charge in [-0.25, -0.2) is 9.97 Å². The van der Waals surface area contributed by atoms with Crippen molar-refractivity contribution in [3.05, 3.63) is 47.0 Å². The van der Waals surface area contributed by atoms with Crippen LogP contribution in [0.1, 0.15) is 44.9 Å². The fourth-order valence-corrected chi connectivity index (χ4v) is 6.04. The van der Waals surface area contributed by atoms with Gasteiger partial charge in [-0.05, 0) is 30.4 Å². The number of aromatic nitrogens is 3. The lowest BCUT2D eigenvalue weighted by molar-refractivity contribution is -0.138. The number of hydrogen-bond acceptors (Lipinski definition) is 5. The van der Waals surface area contributed by atoms with Crippen molar-refractivity contribution in [2.45, 2.75) is 51.0 Å². The second-order valence-corrected chi connectivity index (χ2v) is 10.4. The van der Waals surface area contributed by atoms with Gasteiger partial charge in [0.15, 0.2) is 0 Å². The summed E-state index contributed by atoms with van der Waals surface area (Å²) < 4.78 is 7.80. The summed E-state index contributed by atoms with van der Waals surface area (Å²) in [4.78, 5) is 22.5. The van der Waals surface area contributed by atoms with Crippen molar-refractivity contribution in [3.8, 4) is 5.69 Å². The van der Waals surface area contributed by atoms with Crippen molar-refractivity contribution < 1.29 is 14.6 Å². The predicted molar refractivity (Wildman–Crippen MR) is 138 cm³/mol. The van der Waals surface area contributed by atoms with E-state index in [0.717, 1.165) is 29.9 Å². The van der Waals surface area contributed by atoms with E-state index in [9.17, 15) is 4.79 Å². The number of ether oxygens (including phenoxy) is 1. The minimum atomic E-state index is -0.846. The summed E-state index contributed by atoms with van der Waals surface area (Å²) in [7, 11) is 0. The maximum Gasteiger partial charge on any atom is 0.305 e. The molecule has 1 N–H and O–H groups in total. The summed E-state index contributed by atoms with van der Waals surface area (Å²) >= 11 is 13.0. The first-order chi connectivity index (χ1) is 17.0. The molecule has 3 aromatic rings. The lowest BCUT2D eigenvalue weighted by atomic mass is 9.79. The van der Waals surface area contributed by atoms with E-state index in [1.165, 1.54) is 32.1 Å². The van der Waals surface area contributed by atoms with Gasteiger partial charge in [-0.3, -0.25) is 4.79 Å². The third-order valence-electron chi connectivity index (χ3n) is 7.45. The fourth-order valence-electron chi connectivity index (χ4n) is 5.68. The summed E-state index contributed by atoms with van der Waals surface area (Å²) in [5.41, 5.74) is 1.60. The van der Waals surface area contributed by atoms with Gasteiger partial charge in [0.1, 0.15) is 5.82 Å². The number of fused-ring (bicyclic) bond motifs is 1. The quantitative estimate of drug-likeness (QED) is 0.370. The number of halogens is 2. The molecule has 1 aliphatic heterocycles. The Labute approximate surface area is 215 Å². The van der Waals surface area contributed by atoms with Crippen LogP contribution in [0, 0.1) is 11.8 Å². The third-order valence-corrected chi connectivity index (χ3v) is 8.24. The number of hydrogen-bond donors (Lipinski definition) is 1. The summed E-state index contributed by atoms with van der Waals surface area (Å²) in [6, 6.07) is 5.94. The smallest absolute Gasteiger partial charge is 0.305 e. The zero-order chi connectivity index (χ0) is 24.4. The number of carboxylic acids is 1. The zero-order valence-electron chi connectivity index (χ0n) is 19.6. The van der Waals surface area contributed by atoms with Gasteiger partial charge in [-0.1, -0.05) is 55.3 Å². The number of carbonyl (C=O) groups is 1. The minimum absolute atomic E-state index is 0.00584. The lowest BCUT2D eigenvalue weighted by Crippen LogP contribution is -2.34. The number of nitrogens with zero attached hydrogens (tertiary/aromatic N) is 4. The molecule has 5 rings (SSSR count). The molecule has 35 heavy (non-hydrogen) atoms. The molecule has 2 aromatic heterocycles. The molecule has 3 heterocycles. The highest BCUT2D eigenvalue weighted by molar-refractivity contribution is 6.45. The van der Waals surface area contributed by atoms with Crippen molar-refractivity contribution in [2.75, 3.05) is 24.7 Å². The van der Waals surface area contributed by atoms with Crippen molar-refractivity contribution in [3.63, 3.8) is 0 Å². The Balaban J connectivity index is 1.51. The molecule has 2 fully saturated rings. The van der Waals surface area contributed by atoms with Crippen LogP contribution in [-0.4, -0.2) is 51.4 Å². The number of carboxylic acid groups (broad SMARTS) is 1. The van der Waals surface area contributed by atoms with Crippen LogP contribution in [0.2, 0.25) is 10.0 Å². The molecule has 1 aromatic carbocycles. The van der Waals surface area contributed by atoms with Gasteiger partial charge in [0, 0.05) is 30.4 Å². The standard InChI is InChI=1S/C26H30Cl2N4O3/c27-21-7-6-20-22(31-10-9-29-16-31)13-23(30-26(20)25(21)28)32-14-18(17-4-2-1-3-5-17)12-19(32)15-35-11-8-24(33)34/h6-7,9-10,13,16-19H,1-5,8,11-12,14-15H2,(H,33,34)/t18?,19-/m0/s1. The Morgan fingerprint density at radius 1 is 1.17 bits per heavy atom. The van der Waals surface area contributed by atoms with Crippen LogP contribution >= 0.6 is 23.2 Å². The van der Waals surface area contributed by atoms with E-state index in [-0.39, 0.29) is 19.1 Å². The van der Waals surface area contributed by atoms with E-state index in [2.05, 4.69) is 16.0 Å². The molecule has 186 valence electrons. The van der Waals surface area contributed by atoms with E-state index < -0.39 is 5.97 Å². The molecule has 2 atom stereocenters. The van der Waals surface area contributed by atoms with Crippen molar-refractivity contribution in [2.24, 2.45) is 11.8 Å². The molecule has 0 amide bonds. The molecule has 2 aliphatic rings. The fraction of sp³-hybridized carbons (Fsp3) is 0.500. The summed E-state index contributed by atoms with van der Waals surface area (Å²) in [5, 5.41) is 10.8. The van der Waals surface area contributed by atoms with Crippen LogP contribution < -0.4 is 4.90 Å². The largest absolute Gasteiger partial charge is 0.481 e. The van der Waals surface area contributed by atoms with Crippen LogP contribution in [-0.2, 0) is 9.53 Å². The molecule has 7 nitrogen and oxygen atoms in total. The number of imidazole rings is 1. The molecular formula is C26H30Cl2N4O3. The molecule has 0 spiro atoms. The molecule has 0 radical (unpaired) electrons. The Kier molecular flexibility index (Phi) is 7.46. The van der Waals surface area contributed by atoms with E-state index >= 15 is 0 Å². The Morgan fingerprint density at radius 2 is 2.00 bits per heavy atom. The predicted octanol–water partition coefficient (Wildman–Crippen LogP) is 5.99. The highest BCUT2D eigenvalue weighted by Crippen LogP contribution is 2.41. The first-order valence-electron chi connectivity index (χ1n) is 12.3. The van der Waals surface area contributed by atoms with Gasteiger partial charge in [-0.15, -0.1) is 0 Å². The van der Waals surface area contributed by atoms with E-state index in [1.54, 1.807) is 18.6 Å². The van der Waals surface area contributed by atoms with Crippen LogP contribution in [0.5, 0.6) is 0 Å². The number of aliphatic carboxylic acids is 1. The third kappa shape index (κ3) is 5.27. The monoisotopic (exact) mass is 516 g/mol. The van der Waals surface area contributed by atoms with Crippen LogP contribution in [0.3, 0.4) is 0 Å². The van der Waals surface area contributed by atoms with Gasteiger partial charge in [0.25, 0.3) is 0 Å². The Hall–Kier alpha value is -2.35. The summed E-state index contributed by atoms with van der Waals surface area (Å²) in [5.74, 6) is 1.26. The Bertz CT molecular complexity index is 1180. The van der Waals surface area contributed by atoms with E-state index in [0.29, 0.717) is 34.0 Å². The number of rotatable bonds is 8. The summed E-state index contributed by atoms with van der Waals surface area (Å²) in [6.45, 7) is 1.58. The average molecular weight is 517 g/mol. The SMILES string of the molecule is O=C(O)CCOC[C@@H]1CC(C2CCCCC2)CN1c1cc(-n2ccnc2)c2ccc(Cl)c(Cl)c2n1. The molecular weight excluding hydrogens is 487 g/mol. The van der Waals surface area contributed by atoms with Gasteiger partial charge in [-0.2, -0.15) is 0 Å². The van der Waals surface area contributed by atoms with E-state index in [1.807, 2.05) is 16.8 Å². The zero-order valence-corrected chi connectivity index (χ0v) is 21.1. The van der Waals surface area contributed by atoms with Gasteiger partial charge < -0.3 is 19.3 Å². The average Bonchev–Trinajstić information content (AvgIpc) is 3.55. The maximum absolute atomic E-state index is 10.9. The lowest BCUT2D eigenvalue weighted by Gasteiger charge is -2.28.